The summed E-state index contributed by atoms with van der Waals surface area (Å²) in [6, 6.07) is -1.51. The van der Waals surface area contributed by atoms with Gasteiger partial charge in [-0.15, -0.1) is 0 Å². The van der Waals surface area contributed by atoms with Gasteiger partial charge >= 0.3 is 6.18 Å². The molecule has 0 amide bonds. The first kappa shape index (κ1) is 13.7. The summed E-state index contributed by atoms with van der Waals surface area (Å²) in [4.78, 5) is 1.28. The number of hydrogen-bond acceptors (Lipinski definition) is 2. The molecule has 0 fully saturated rings. The van der Waals surface area contributed by atoms with Crippen molar-refractivity contribution in [1.29, 1.82) is 0 Å². The Kier molecular flexibility index (Phi) is 5.44. The lowest BCUT2D eigenvalue weighted by Gasteiger charge is -2.29. The minimum Gasteiger partial charge on any atom is -0.329 e. The van der Waals surface area contributed by atoms with Gasteiger partial charge in [0.2, 0.25) is 0 Å². The number of hydrogen-bond donors (Lipinski definition) is 1. The van der Waals surface area contributed by atoms with Crippen LogP contribution in [0.2, 0.25) is 0 Å². The number of halogens is 3. The fourth-order valence-corrected chi connectivity index (χ4v) is 1.18. The maximum Gasteiger partial charge on any atom is 0.405 e. The van der Waals surface area contributed by atoms with Crippen LogP contribution in [0.25, 0.3) is 0 Å². The molecular weight excluding hydrogens is 193 g/mol. The maximum absolute atomic E-state index is 12.4. The molecule has 2 N–H and O–H groups in total. The van der Waals surface area contributed by atoms with Crippen molar-refractivity contribution in [3.05, 3.63) is 0 Å². The van der Waals surface area contributed by atoms with Gasteiger partial charge in [0.1, 0.15) is 6.04 Å². The zero-order valence-electron chi connectivity index (χ0n) is 8.93. The highest BCUT2D eigenvalue weighted by molar-refractivity contribution is 4.77. The van der Waals surface area contributed by atoms with E-state index in [4.69, 9.17) is 5.73 Å². The smallest absolute Gasteiger partial charge is 0.329 e. The Morgan fingerprint density at radius 2 is 1.79 bits per heavy atom. The van der Waals surface area contributed by atoms with Crippen LogP contribution < -0.4 is 5.73 Å². The summed E-state index contributed by atoms with van der Waals surface area (Å²) in [5.74, 6) is 0.407. The first-order valence-corrected chi connectivity index (χ1v) is 4.76. The minimum atomic E-state index is -4.22. The predicted octanol–water partition coefficient (Wildman–Crippen LogP) is 1.85. The highest BCUT2D eigenvalue weighted by Crippen LogP contribution is 2.23. The molecule has 0 spiro atoms. The van der Waals surface area contributed by atoms with E-state index in [2.05, 4.69) is 0 Å². The number of rotatable bonds is 5. The maximum atomic E-state index is 12.4. The molecule has 14 heavy (non-hydrogen) atoms. The first-order valence-electron chi connectivity index (χ1n) is 4.76. The lowest BCUT2D eigenvalue weighted by atomic mass is 10.1. The zero-order chi connectivity index (χ0) is 11.4. The summed E-state index contributed by atoms with van der Waals surface area (Å²) in [5, 5.41) is 0. The molecule has 0 aromatic carbocycles. The van der Waals surface area contributed by atoms with Gasteiger partial charge in [-0.2, -0.15) is 13.2 Å². The van der Waals surface area contributed by atoms with Gasteiger partial charge in [0, 0.05) is 6.54 Å². The van der Waals surface area contributed by atoms with Crippen molar-refractivity contribution in [2.45, 2.75) is 32.5 Å². The van der Waals surface area contributed by atoms with Crippen molar-refractivity contribution in [1.82, 2.24) is 4.90 Å². The van der Waals surface area contributed by atoms with E-state index in [1.165, 1.54) is 11.9 Å². The average Bonchev–Trinajstić information content (AvgIpc) is 1.99. The molecule has 0 aromatic rings. The molecule has 0 aromatic heterocycles. The van der Waals surface area contributed by atoms with Crippen LogP contribution in [0.4, 0.5) is 13.2 Å². The molecule has 0 heterocycles. The number of nitrogens with two attached hydrogens (primary N) is 1. The Morgan fingerprint density at radius 3 is 2.07 bits per heavy atom. The summed E-state index contributed by atoms with van der Waals surface area (Å²) in [7, 11) is 1.47. The van der Waals surface area contributed by atoms with E-state index >= 15 is 0 Å². The van der Waals surface area contributed by atoms with Gasteiger partial charge in [0.05, 0.1) is 0 Å². The molecule has 0 aliphatic rings. The standard InChI is InChI=1S/C9H19F3N2/c1-7(2)4-5-14(3)8(6-13)9(10,11)12/h7-8H,4-6,13H2,1-3H3. The van der Waals surface area contributed by atoms with Gasteiger partial charge in [0.15, 0.2) is 0 Å². The number of nitrogens with zero attached hydrogens (tertiary/aromatic N) is 1. The summed E-state index contributed by atoms with van der Waals surface area (Å²) >= 11 is 0. The van der Waals surface area contributed by atoms with Crippen LogP contribution in [0.3, 0.4) is 0 Å². The third-order valence-corrected chi connectivity index (χ3v) is 2.19. The number of likely N-dealkylation sites (N-methyl/N-ethyl adjacent to an activating group) is 1. The van der Waals surface area contributed by atoms with Crippen LogP contribution in [0.15, 0.2) is 0 Å². The van der Waals surface area contributed by atoms with Crippen molar-refractivity contribution >= 4 is 0 Å². The Morgan fingerprint density at radius 1 is 1.29 bits per heavy atom. The van der Waals surface area contributed by atoms with E-state index in [9.17, 15) is 13.2 Å². The van der Waals surface area contributed by atoms with Crippen molar-refractivity contribution in [2.24, 2.45) is 11.7 Å². The molecule has 0 rings (SSSR count). The van der Waals surface area contributed by atoms with Crippen LogP contribution in [-0.4, -0.2) is 37.3 Å². The molecule has 0 radical (unpaired) electrons. The van der Waals surface area contributed by atoms with Gasteiger partial charge in [-0.3, -0.25) is 4.90 Å². The normalized spacial score (nSPS) is 15.2. The predicted molar refractivity (Wildman–Crippen MR) is 51.0 cm³/mol. The summed E-state index contributed by atoms with van der Waals surface area (Å²) < 4.78 is 37.1. The van der Waals surface area contributed by atoms with Crippen molar-refractivity contribution in [3.8, 4) is 0 Å². The molecule has 2 nitrogen and oxygen atoms in total. The fourth-order valence-electron chi connectivity index (χ4n) is 1.18. The molecule has 0 aliphatic heterocycles. The van der Waals surface area contributed by atoms with E-state index in [0.29, 0.717) is 12.5 Å². The van der Waals surface area contributed by atoms with Crippen molar-refractivity contribution in [3.63, 3.8) is 0 Å². The topological polar surface area (TPSA) is 29.3 Å². The minimum absolute atomic E-state index is 0.377. The highest BCUT2D eigenvalue weighted by Gasteiger charge is 2.40. The van der Waals surface area contributed by atoms with Crippen LogP contribution in [0.5, 0.6) is 0 Å². The zero-order valence-corrected chi connectivity index (χ0v) is 8.93. The average molecular weight is 212 g/mol. The van der Waals surface area contributed by atoms with Gasteiger partial charge in [-0.05, 0) is 25.9 Å². The van der Waals surface area contributed by atoms with Gasteiger partial charge < -0.3 is 5.73 Å². The van der Waals surface area contributed by atoms with Crippen LogP contribution in [0, 0.1) is 5.92 Å². The summed E-state index contributed by atoms with van der Waals surface area (Å²) in [6.07, 6.45) is -3.47. The second-order valence-corrected chi connectivity index (χ2v) is 3.96. The molecule has 5 heteroatoms. The molecule has 0 bridgehead atoms. The Bertz CT molecular complexity index is 157. The molecule has 0 aliphatic carbocycles. The molecule has 86 valence electrons. The summed E-state index contributed by atoms with van der Waals surface area (Å²) in [5.41, 5.74) is 5.10. The SMILES string of the molecule is CC(C)CCN(C)C(CN)C(F)(F)F. The van der Waals surface area contributed by atoms with Crippen LogP contribution in [-0.2, 0) is 0 Å². The Labute approximate surface area is 83.3 Å². The second kappa shape index (κ2) is 5.56. The van der Waals surface area contributed by atoms with E-state index in [1.807, 2.05) is 13.8 Å². The molecular formula is C9H19F3N2. The monoisotopic (exact) mass is 212 g/mol. The van der Waals surface area contributed by atoms with E-state index in [0.717, 1.165) is 6.42 Å². The third kappa shape index (κ3) is 4.81. The first-order chi connectivity index (χ1) is 6.29. The summed E-state index contributed by atoms with van der Waals surface area (Å²) in [6.45, 7) is 4.02. The van der Waals surface area contributed by atoms with E-state index < -0.39 is 12.2 Å². The molecule has 0 saturated heterocycles. The Balaban J connectivity index is 4.12. The van der Waals surface area contributed by atoms with Crippen LogP contribution in [0.1, 0.15) is 20.3 Å². The van der Waals surface area contributed by atoms with Gasteiger partial charge in [-0.1, -0.05) is 13.8 Å². The largest absolute Gasteiger partial charge is 0.405 e. The van der Waals surface area contributed by atoms with Gasteiger partial charge in [-0.25, -0.2) is 0 Å². The molecule has 1 unspecified atom stereocenters. The lowest BCUT2D eigenvalue weighted by molar-refractivity contribution is -0.177. The Hall–Kier alpha value is -0.290. The highest BCUT2D eigenvalue weighted by atomic mass is 19.4. The van der Waals surface area contributed by atoms with E-state index in [-0.39, 0.29) is 6.54 Å². The number of alkyl halides is 3. The van der Waals surface area contributed by atoms with Gasteiger partial charge in [0.25, 0.3) is 0 Å². The second-order valence-electron chi connectivity index (χ2n) is 3.96. The van der Waals surface area contributed by atoms with Crippen LogP contribution >= 0.6 is 0 Å². The quantitative estimate of drug-likeness (QED) is 0.753. The molecule has 0 saturated carbocycles. The van der Waals surface area contributed by atoms with Crippen molar-refractivity contribution in [2.75, 3.05) is 20.1 Å². The lowest BCUT2D eigenvalue weighted by Crippen LogP contribution is -2.48. The van der Waals surface area contributed by atoms with E-state index in [1.54, 1.807) is 0 Å². The van der Waals surface area contributed by atoms with Crippen molar-refractivity contribution < 1.29 is 13.2 Å². The fraction of sp³-hybridized carbons (Fsp3) is 1.00. The third-order valence-electron chi connectivity index (χ3n) is 2.19. The molecule has 1 atom stereocenters.